The van der Waals surface area contributed by atoms with Gasteiger partial charge in [0.15, 0.2) is 5.96 Å². The average Bonchev–Trinajstić information content (AvgIpc) is 3.09. The predicted molar refractivity (Wildman–Crippen MR) is 116 cm³/mol. The van der Waals surface area contributed by atoms with E-state index in [2.05, 4.69) is 43.3 Å². The number of halogens is 1. The highest BCUT2D eigenvalue weighted by Gasteiger charge is 2.35. The first-order valence-electron chi connectivity index (χ1n) is 9.68. The fourth-order valence-corrected chi connectivity index (χ4v) is 3.63. The van der Waals surface area contributed by atoms with Crippen molar-refractivity contribution in [1.29, 1.82) is 0 Å². The third-order valence-electron chi connectivity index (χ3n) is 4.91. The van der Waals surface area contributed by atoms with Gasteiger partial charge in [-0.25, -0.2) is 0 Å². The van der Waals surface area contributed by atoms with Gasteiger partial charge < -0.3 is 24.8 Å². The summed E-state index contributed by atoms with van der Waals surface area (Å²) in [6.07, 6.45) is 3.86. The molecule has 2 fully saturated rings. The molecule has 2 saturated heterocycles. The number of rotatable bonds is 6. The third kappa shape index (κ3) is 7.86. The minimum Gasteiger partial charge on any atom is -0.379 e. The lowest BCUT2D eigenvalue weighted by atomic mass is 9.78. The van der Waals surface area contributed by atoms with E-state index in [4.69, 9.17) is 14.2 Å². The van der Waals surface area contributed by atoms with Crippen LogP contribution < -0.4 is 10.6 Å². The van der Waals surface area contributed by atoms with Gasteiger partial charge in [-0.05, 0) is 31.6 Å². The van der Waals surface area contributed by atoms with Crippen LogP contribution in [0.3, 0.4) is 0 Å². The zero-order valence-corrected chi connectivity index (χ0v) is 19.4. The summed E-state index contributed by atoms with van der Waals surface area (Å²) in [6.45, 7) is 12.8. The van der Waals surface area contributed by atoms with Gasteiger partial charge in [-0.2, -0.15) is 0 Å². The number of nitrogens with zero attached hydrogens (tertiary/aromatic N) is 1. The maximum Gasteiger partial charge on any atom is 0.191 e. The first-order chi connectivity index (χ1) is 11.9. The van der Waals surface area contributed by atoms with E-state index in [1.54, 1.807) is 0 Å². The Morgan fingerprint density at radius 2 is 2.04 bits per heavy atom. The second kappa shape index (κ2) is 11.7. The molecular formula is C19H38IN3O3. The van der Waals surface area contributed by atoms with E-state index in [1.807, 2.05) is 7.05 Å². The van der Waals surface area contributed by atoms with Crippen molar-refractivity contribution >= 4 is 29.9 Å². The molecule has 0 saturated carbocycles. The fraction of sp³-hybridized carbons (Fsp3) is 0.947. The molecule has 2 heterocycles. The topological polar surface area (TPSA) is 64.1 Å². The Morgan fingerprint density at radius 1 is 1.27 bits per heavy atom. The number of hydrogen-bond acceptors (Lipinski definition) is 4. The molecule has 2 rings (SSSR count). The van der Waals surface area contributed by atoms with Crippen LogP contribution >= 0.6 is 24.0 Å². The largest absolute Gasteiger partial charge is 0.379 e. The van der Waals surface area contributed by atoms with Crippen LogP contribution in [0, 0.1) is 11.3 Å². The molecule has 0 bridgehead atoms. The van der Waals surface area contributed by atoms with Crippen molar-refractivity contribution in [2.24, 2.45) is 16.3 Å². The van der Waals surface area contributed by atoms with Crippen LogP contribution in [0.5, 0.6) is 0 Å². The monoisotopic (exact) mass is 483 g/mol. The van der Waals surface area contributed by atoms with E-state index in [1.165, 1.54) is 6.42 Å². The number of nitrogens with one attached hydrogen (secondary N) is 2. The highest BCUT2D eigenvalue weighted by Crippen LogP contribution is 2.33. The lowest BCUT2D eigenvalue weighted by Gasteiger charge is -2.40. The van der Waals surface area contributed by atoms with Gasteiger partial charge in [0.2, 0.25) is 0 Å². The quantitative estimate of drug-likeness (QED) is 0.346. The molecule has 26 heavy (non-hydrogen) atoms. The standard InChI is InChI=1S/C19H37N3O3.HI/c1-14(12-25-16-8-10-23-13-16)22-18(20-5)21-11-15-7-6-9-24-17(15)19(2,3)4;/h14-17H,6-13H2,1-5H3,(H2,20,21,22);1H. The molecule has 0 amide bonds. The van der Waals surface area contributed by atoms with Gasteiger partial charge in [-0.1, -0.05) is 20.8 Å². The van der Waals surface area contributed by atoms with Crippen LogP contribution in [-0.2, 0) is 14.2 Å². The van der Waals surface area contributed by atoms with E-state index in [9.17, 15) is 0 Å². The van der Waals surface area contributed by atoms with E-state index in [0.717, 1.165) is 45.2 Å². The molecule has 154 valence electrons. The normalized spacial score (nSPS) is 28.3. The summed E-state index contributed by atoms with van der Waals surface area (Å²) in [7, 11) is 1.81. The zero-order chi connectivity index (χ0) is 18.3. The smallest absolute Gasteiger partial charge is 0.191 e. The maximum absolute atomic E-state index is 6.07. The lowest BCUT2D eigenvalue weighted by Crippen LogP contribution is -2.49. The summed E-state index contributed by atoms with van der Waals surface area (Å²) in [6, 6.07) is 0.202. The van der Waals surface area contributed by atoms with Crippen molar-refractivity contribution in [2.45, 2.75) is 65.2 Å². The Morgan fingerprint density at radius 3 is 2.65 bits per heavy atom. The van der Waals surface area contributed by atoms with Crippen molar-refractivity contribution in [2.75, 3.05) is 40.0 Å². The molecule has 6 nitrogen and oxygen atoms in total. The van der Waals surface area contributed by atoms with Crippen LogP contribution in [0.25, 0.3) is 0 Å². The summed E-state index contributed by atoms with van der Waals surface area (Å²) < 4.78 is 17.3. The number of ether oxygens (including phenoxy) is 3. The second-order valence-corrected chi connectivity index (χ2v) is 8.38. The summed E-state index contributed by atoms with van der Waals surface area (Å²) in [4.78, 5) is 4.35. The summed E-state index contributed by atoms with van der Waals surface area (Å²) in [5.74, 6) is 1.34. The highest BCUT2D eigenvalue weighted by atomic mass is 127. The zero-order valence-electron chi connectivity index (χ0n) is 17.0. The van der Waals surface area contributed by atoms with Gasteiger partial charge in [0.1, 0.15) is 0 Å². The lowest BCUT2D eigenvalue weighted by molar-refractivity contribution is -0.0835. The summed E-state index contributed by atoms with van der Waals surface area (Å²) in [5, 5.41) is 6.89. The summed E-state index contributed by atoms with van der Waals surface area (Å²) >= 11 is 0. The van der Waals surface area contributed by atoms with Crippen LogP contribution in [-0.4, -0.2) is 64.2 Å². The third-order valence-corrected chi connectivity index (χ3v) is 4.91. The minimum absolute atomic E-state index is 0. The van der Waals surface area contributed by atoms with Crippen molar-refractivity contribution in [3.05, 3.63) is 0 Å². The molecule has 0 radical (unpaired) electrons. The molecule has 0 aromatic heterocycles. The SMILES string of the molecule is CN=C(NCC1CCCOC1C(C)(C)C)NC(C)COC1CCOC1.I. The molecule has 2 aliphatic rings. The first-order valence-corrected chi connectivity index (χ1v) is 9.68. The van der Waals surface area contributed by atoms with Gasteiger partial charge in [-0.15, -0.1) is 24.0 Å². The van der Waals surface area contributed by atoms with Gasteiger partial charge in [0.25, 0.3) is 0 Å². The van der Waals surface area contributed by atoms with Gasteiger partial charge >= 0.3 is 0 Å². The van der Waals surface area contributed by atoms with Crippen molar-refractivity contribution in [1.82, 2.24) is 10.6 Å². The Kier molecular flexibility index (Phi) is 10.7. The Balaban J connectivity index is 0.00000338. The van der Waals surface area contributed by atoms with Crippen LogP contribution in [0.15, 0.2) is 4.99 Å². The number of guanidine groups is 1. The molecule has 0 aromatic rings. The van der Waals surface area contributed by atoms with Crippen molar-refractivity contribution < 1.29 is 14.2 Å². The van der Waals surface area contributed by atoms with Gasteiger partial charge in [0, 0.05) is 38.8 Å². The molecule has 4 atom stereocenters. The number of aliphatic imine (C=N–C) groups is 1. The van der Waals surface area contributed by atoms with Crippen LogP contribution in [0.2, 0.25) is 0 Å². The molecule has 7 heteroatoms. The molecule has 2 aliphatic heterocycles. The Hall–Kier alpha value is -0.120. The summed E-state index contributed by atoms with van der Waals surface area (Å²) in [5.41, 5.74) is 0.161. The molecule has 4 unspecified atom stereocenters. The average molecular weight is 483 g/mol. The van der Waals surface area contributed by atoms with Crippen LogP contribution in [0.1, 0.15) is 47.0 Å². The van der Waals surface area contributed by atoms with E-state index < -0.39 is 0 Å². The van der Waals surface area contributed by atoms with Gasteiger partial charge in [0.05, 0.1) is 25.4 Å². The van der Waals surface area contributed by atoms with E-state index in [0.29, 0.717) is 12.5 Å². The molecule has 0 aliphatic carbocycles. The second-order valence-electron chi connectivity index (χ2n) is 8.38. The predicted octanol–water partition coefficient (Wildman–Crippen LogP) is 2.80. The highest BCUT2D eigenvalue weighted by molar-refractivity contribution is 14.0. The molecular weight excluding hydrogens is 445 g/mol. The van der Waals surface area contributed by atoms with Crippen LogP contribution in [0.4, 0.5) is 0 Å². The van der Waals surface area contributed by atoms with E-state index >= 15 is 0 Å². The fourth-order valence-electron chi connectivity index (χ4n) is 3.63. The minimum atomic E-state index is 0. The van der Waals surface area contributed by atoms with Crippen molar-refractivity contribution in [3.8, 4) is 0 Å². The molecule has 2 N–H and O–H groups in total. The Labute approximate surface area is 176 Å². The first kappa shape index (κ1) is 23.9. The number of hydrogen-bond donors (Lipinski definition) is 2. The molecule has 0 spiro atoms. The van der Waals surface area contributed by atoms with Crippen molar-refractivity contribution in [3.63, 3.8) is 0 Å². The molecule has 0 aromatic carbocycles. The Bertz CT molecular complexity index is 423. The maximum atomic E-state index is 6.07. The van der Waals surface area contributed by atoms with E-state index in [-0.39, 0.29) is 47.6 Å². The van der Waals surface area contributed by atoms with Gasteiger partial charge in [-0.3, -0.25) is 4.99 Å².